The molecule has 2 aromatic rings. The molecule has 4 rings (SSSR count). The molecule has 0 unspecified atom stereocenters. The fourth-order valence-corrected chi connectivity index (χ4v) is 3.84. The number of benzene rings is 1. The number of nitrogens with zero attached hydrogens (tertiary/aromatic N) is 4. The van der Waals surface area contributed by atoms with Crippen molar-refractivity contribution in [3.05, 3.63) is 47.8 Å². The third kappa shape index (κ3) is 2.70. The first-order valence-electron chi connectivity index (χ1n) is 8.52. The SMILES string of the molecule is Cn1cnnc1C1CCN(C(=O)[C@@H]2C[C@H]2c2ccccc2F)CC1. The monoisotopic (exact) mass is 328 g/mol. The van der Waals surface area contributed by atoms with E-state index in [1.54, 1.807) is 18.5 Å². The second-order valence-electron chi connectivity index (χ2n) is 6.87. The van der Waals surface area contributed by atoms with E-state index in [2.05, 4.69) is 10.2 Å². The highest BCUT2D eigenvalue weighted by Gasteiger charge is 2.47. The summed E-state index contributed by atoms with van der Waals surface area (Å²) in [4.78, 5) is 14.6. The molecule has 2 atom stereocenters. The Hall–Kier alpha value is -2.24. The molecular weight excluding hydrogens is 307 g/mol. The highest BCUT2D eigenvalue weighted by atomic mass is 19.1. The van der Waals surface area contributed by atoms with Gasteiger partial charge in [-0.1, -0.05) is 18.2 Å². The molecule has 0 bridgehead atoms. The summed E-state index contributed by atoms with van der Waals surface area (Å²) in [6.07, 6.45) is 4.31. The third-order valence-electron chi connectivity index (χ3n) is 5.33. The Labute approximate surface area is 140 Å². The highest BCUT2D eigenvalue weighted by Crippen LogP contribution is 2.49. The summed E-state index contributed by atoms with van der Waals surface area (Å²) in [5.41, 5.74) is 0.685. The van der Waals surface area contributed by atoms with Gasteiger partial charge in [0.2, 0.25) is 5.91 Å². The fourth-order valence-electron chi connectivity index (χ4n) is 3.84. The lowest BCUT2D eigenvalue weighted by Crippen LogP contribution is -2.39. The fraction of sp³-hybridized carbons (Fsp3) is 0.500. The minimum atomic E-state index is -0.196. The Morgan fingerprint density at radius 1 is 1.25 bits per heavy atom. The standard InChI is InChI=1S/C18H21FN4O/c1-22-11-20-21-17(22)12-6-8-23(9-7-12)18(24)15-10-14(15)13-4-2-3-5-16(13)19/h2-5,11-12,14-15H,6-10H2,1H3/t14-,15+/m0/s1. The van der Waals surface area contributed by atoms with Crippen LogP contribution in [0, 0.1) is 11.7 Å². The molecule has 0 N–H and O–H groups in total. The van der Waals surface area contributed by atoms with E-state index in [1.807, 2.05) is 22.6 Å². The van der Waals surface area contributed by atoms with Crippen LogP contribution in [0.5, 0.6) is 0 Å². The number of hydrogen-bond donors (Lipinski definition) is 0. The van der Waals surface area contributed by atoms with Gasteiger partial charge < -0.3 is 9.47 Å². The maximum atomic E-state index is 13.9. The van der Waals surface area contributed by atoms with E-state index < -0.39 is 0 Å². The summed E-state index contributed by atoms with van der Waals surface area (Å²) in [5.74, 6) is 1.35. The molecule has 1 aromatic heterocycles. The molecule has 6 heteroatoms. The molecule has 1 amide bonds. The number of likely N-dealkylation sites (tertiary alicyclic amines) is 1. The van der Waals surface area contributed by atoms with Gasteiger partial charge in [0, 0.05) is 32.0 Å². The highest BCUT2D eigenvalue weighted by molar-refractivity contribution is 5.83. The first kappa shape index (κ1) is 15.3. The third-order valence-corrected chi connectivity index (χ3v) is 5.33. The number of halogens is 1. The average molecular weight is 328 g/mol. The van der Waals surface area contributed by atoms with Gasteiger partial charge in [-0.15, -0.1) is 10.2 Å². The molecule has 2 heterocycles. The van der Waals surface area contributed by atoms with Gasteiger partial charge in [-0.05, 0) is 36.8 Å². The summed E-state index contributed by atoms with van der Waals surface area (Å²) in [6, 6.07) is 6.80. The molecule has 0 radical (unpaired) electrons. The lowest BCUT2D eigenvalue weighted by atomic mass is 9.95. The predicted octanol–water partition coefficient (Wildman–Crippen LogP) is 2.46. The first-order chi connectivity index (χ1) is 11.6. The number of piperidine rings is 1. The van der Waals surface area contributed by atoms with Gasteiger partial charge in [0.25, 0.3) is 0 Å². The second-order valence-corrected chi connectivity index (χ2v) is 6.87. The normalized spacial score (nSPS) is 24.2. The second kappa shape index (κ2) is 6.00. The minimum Gasteiger partial charge on any atom is -0.342 e. The Kier molecular flexibility index (Phi) is 3.82. The zero-order valence-electron chi connectivity index (χ0n) is 13.7. The molecule has 1 saturated carbocycles. The van der Waals surface area contributed by atoms with E-state index in [1.165, 1.54) is 6.07 Å². The topological polar surface area (TPSA) is 51.0 Å². The van der Waals surface area contributed by atoms with Gasteiger partial charge in [0.1, 0.15) is 18.0 Å². The van der Waals surface area contributed by atoms with Gasteiger partial charge in [0.15, 0.2) is 0 Å². The zero-order chi connectivity index (χ0) is 16.7. The van der Waals surface area contributed by atoms with Crippen LogP contribution in [0.25, 0.3) is 0 Å². The first-order valence-corrected chi connectivity index (χ1v) is 8.52. The summed E-state index contributed by atoms with van der Waals surface area (Å²) < 4.78 is 15.8. The van der Waals surface area contributed by atoms with Crippen molar-refractivity contribution in [1.82, 2.24) is 19.7 Å². The van der Waals surface area contributed by atoms with Crippen molar-refractivity contribution in [2.24, 2.45) is 13.0 Å². The van der Waals surface area contributed by atoms with Crippen LogP contribution in [0.15, 0.2) is 30.6 Å². The van der Waals surface area contributed by atoms with Gasteiger partial charge in [0.05, 0.1) is 0 Å². The van der Waals surface area contributed by atoms with Gasteiger partial charge >= 0.3 is 0 Å². The van der Waals surface area contributed by atoms with Crippen molar-refractivity contribution >= 4 is 5.91 Å². The van der Waals surface area contributed by atoms with Crippen LogP contribution in [-0.4, -0.2) is 38.7 Å². The van der Waals surface area contributed by atoms with E-state index in [-0.39, 0.29) is 23.6 Å². The minimum absolute atomic E-state index is 0.0479. The zero-order valence-corrected chi connectivity index (χ0v) is 13.7. The smallest absolute Gasteiger partial charge is 0.226 e. The van der Waals surface area contributed by atoms with Crippen molar-refractivity contribution in [2.75, 3.05) is 13.1 Å². The van der Waals surface area contributed by atoms with Crippen LogP contribution in [-0.2, 0) is 11.8 Å². The number of rotatable bonds is 3. The van der Waals surface area contributed by atoms with Crippen molar-refractivity contribution in [2.45, 2.75) is 31.1 Å². The molecule has 5 nitrogen and oxygen atoms in total. The van der Waals surface area contributed by atoms with Crippen molar-refractivity contribution in [1.29, 1.82) is 0 Å². The number of aryl methyl sites for hydroxylation is 1. The summed E-state index contributed by atoms with van der Waals surface area (Å²) in [5, 5.41) is 8.12. The number of aromatic nitrogens is 3. The van der Waals surface area contributed by atoms with Gasteiger partial charge in [-0.2, -0.15) is 0 Å². The summed E-state index contributed by atoms with van der Waals surface area (Å²) >= 11 is 0. The Bertz CT molecular complexity index is 751. The lowest BCUT2D eigenvalue weighted by Gasteiger charge is -2.31. The molecule has 1 saturated heterocycles. The Balaban J connectivity index is 1.36. The van der Waals surface area contributed by atoms with Crippen LogP contribution in [0.2, 0.25) is 0 Å². The Morgan fingerprint density at radius 2 is 2.00 bits per heavy atom. The summed E-state index contributed by atoms with van der Waals surface area (Å²) in [7, 11) is 1.95. The van der Waals surface area contributed by atoms with Crippen LogP contribution in [0.1, 0.15) is 42.5 Å². The predicted molar refractivity (Wildman–Crippen MR) is 86.8 cm³/mol. The van der Waals surface area contributed by atoms with E-state index >= 15 is 0 Å². The van der Waals surface area contributed by atoms with Crippen LogP contribution < -0.4 is 0 Å². The molecule has 2 fully saturated rings. The quantitative estimate of drug-likeness (QED) is 0.870. The molecule has 1 aliphatic carbocycles. The van der Waals surface area contributed by atoms with Crippen LogP contribution in [0.3, 0.4) is 0 Å². The maximum Gasteiger partial charge on any atom is 0.226 e. The van der Waals surface area contributed by atoms with Crippen LogP contribution in [0.4, 0.5) is 4.39 Å². The van der Waals surface area contributed by atoms with Crippen molar-refractivity contribution < 1.29 is 9.18 Å². The molecular formula is C18H21FN4O. The molecule has 2 aliphatic rings. The molecule has 24 heavy (non-hydrogen) atoms. The van der Waals surface area contributed by atoms with Crippen molar-refractivity contribution in [3.63, 3.8) is 0 Å². The molecule has 1 aromatic carbocycles. The van der Waals surface area contributed by atoms with E-state index in [9.17, 15) is 9.18 Å². The largest absolute Gasteiger partial charge is 0.342 e. The average Bonchev–Trinajstić information content (AvgIpc) is 3.28. The van der Waals surface area contributed by atoms with E-state index in [0.29, 0.717) is 11.5 Å². The number of carbonyl (C=O) groups excluding carboxylic acids is 1. The molecule has 126 valence electrons. The summed E-state index contributed by atoms with van der Waals surface area (Å²) in [6.45, 7) is 1.49. The van der Waals surface area contributed by atoms with Gasteiger partial charge in [-0.3, -0.25) is 4.79 Å². The van der Waals surface area contributed by atoms with E-state index in [0.717, 1.165) is 38.2 Å². The molecule has 1 aliphatic heterocycles. The van der Waals surface area contributed by atoms with E-state index in [4.69, 9.17) is 0 Å². The maximum absolute atomic E-state index is 13.9. The molecule has 0 spiro atoms. The van der Waals surface area contributed by atoms with Crippen LogP contribution >= 0.6 is 0 Å². The number of carbonyl (C=O) groups is 1. The number of amides is 1. The lowest BCUT2D eigenvalue weighted by molar-refractivity contribution is -0.133. The van der Waals surface area contributed by atoms with Crippen molar-refractivity contribution in [3.8, 4) is 0 Å². The number of hydrogen-bond acceptors (Lipinski definition) is 3. The Morgan fingerprint density at radius 3 is 2.67 bits per heavy atom. The van der Waals surface area contributed by atoms with Gasteiger partial charge in [-0.25, -0.2) is 4.39 Å².